The van der Waals surface area contributed by atoms with E-state index < -0.39 is 11.7 Å². The number of halogens is 4. The minimum Gasteiger partial charge on any atom is -0.352 e. The van der Waals surface area contributed by atoms with Crippen molar-refractivity contribution in [1.82, 2.24) is 15.5 Å². The van der Waals surface area contributed by atoms with E-state index in [0.29, 0.717) is 6.54 Å². The van der Waals surface area contributed by atoms with Gasteiger partial charge in [-0.1, -0.05) is 12.1 Å². The Kier molecular flexibility index (Phi) is 7.32. The first kappa shape index (κ1) is 21.0. The summed E-state index contributed by atoms with van der Waals surface area (Å²) in [6.45, 7) is 3.99. The Labute approximate surface area is 157 Å². The smallest absolute Gasteiger partial charge is 0.352 e. The summed E-state index contributed by atoms with van der Waals surface area (Å²) in [5.74, 6) is 0.244. The lowest BCUT2D eigenvalue weighted by Gasteiger charge is -2.24. The van der Waals surface area contributed by atoms with Crippen molar-refractivity contribution in [2.45, 2.75) is 38.0 Å². The van der Waals surface area contributed by atoms with Gasteiger partial charge in [-0.2, -0.15) is 13.2 Å². The molecule has 26 heavy (non-hydrogen) atoms. The highest BCUT2D eigenvalue weighted by Gasteiger charge is 2.30. The average Bonchev–Trinajstić information content (AvgIpc) is 3.02. The maximum atomic E-state index is 12.6. The second kappa shape index (κ2) is 9.06. The van der Waals surface area contributed by atoms with E-state index in [2.05, 4.69) is 15.5 Å². The fourth-order valence-corrected chi connectivity index (χ4v) is 3.55. The number of rotatable bonds is 4. The Hall–Kier alpha value is -1.31. The zero-order chi connectivity index (χ0) is 17.9. The normalized spacial score (nSPS) is 22.0. The molecular weight excluding hydrogens is 367 g/mol. The minimum absolute atomic E-state index is 0. The molecule has 8 heteroatoms. The Bertz CT molecular complexity index is 588. The third-order valence-electron chi connectivity index (χ3n) is 5.02. The van der Waals surface area contributed by atoms with Gasteiger partial charge in [0.1, 0.15) is 0 Å². The Morgan fingerprint density at radius 2 is 1.81 bits per heavy atom. The first-order valence-electron chi connectivity index (χ1n) is 8.81. The molecule has 3 rings (SSSR count). The van der Waals surface area contributed by atoms with E-state index in [1.54, 1.807) is 0 Å². The molecule has 1 unspecified atom stereocenters. The Morgan fingerprint density at radius 1 is 1.15 bits per heavy atom. The molecule has 1 amide bonds. The summed E-state index contributed by atoms with van der Waals surface area (Å²) in [6, 6.07) is 5.45. The van der Waals surface area contributed by atoms with Gasteiger partial charge < -0.3 is 10.6 Å². The number of nitrogens with zero attached hydrogens (tertiary/aromatic N) is 1. The van der Waals surface area contributed by atoms with Crippen LogP contribution in [0.3, 0.4) is 0 Å². The first-order chi connectivity index (χ1) is 11.9. The SMILES string of the molecule is Cl.O=C(NC1CCN(Cc2ccc(C(F)(F)F)cc2)C1)C1CCNCC1. The van der Waals surface area contributed by atoms with Crippen LogP contribution in [0.4, 0.5) is 13.2 Å². The summed E-state index contributed by atoms with van der Waals surface area (Å²) in [5.41, 5.74) is 0.239. The van der Waals surface area contributed by atoms with Crippen LogP contribution in [0.25, 0.3) is 0 Å². The van der Waals surface area contributed by atoms with Crippen LogP contribution in [0.2, 0.25) is 0 Å². The van der Waals surface area contributed by atoms with Gasteiger partial charge in [0, 0.05) is 31.6 Å². The fraction of sp³-hybridized carbons (Fsp3) is 0.611. The van der Waals surface area contributed by atoms with Crippen molar-refractivity contribution < 1.29 is 18.0 Å². The zero-order valence-corrected chi connectivity index (χ0v) is 15.3. The molecule has 2 saturated heterocycles. The van der Waals surface area contributed by atoms with Gasteiger partial charge in [0.05, 0.1) is 5.56 Å². The maximum absolute atomic E-state index is 12.6. The average molecular weight is 392 g/mol. The summed E-state index contributed by atoms with van der Waals surface area (Å²) >= 11 is 0. The van der Waals surface area contributed by atoms with E-state index in [0.717, 1.165) is 63.1 Å². The number of hydrogen-bond donors (Lipinski definition) is 2. The largest absolute Gasteiger partial charge is 0.416 e. The number of likely N-dealkylation sites (tertiary alicyclic amines) is 1. The molecule has 146 valence electrons. The van der Waals surface area contributed by atoms with Gasteiger partial charge in [-0.25, -0.2) is 0 Å². The highest BCUT2D eigenvalue weighted by Crippen LogP contribution is 2.29. The molecule has 2 heterocycles. The quantitative estimate of drug-likeness (QED) is 0.829. The van der Waals surface area contributed by atoms with Crippen molar-refractivity contribution in [3.63, 3.8) is 0 Å². The van der Waals surface area contributed by atoms with Crippen LogP contribution in [0, 0.1) is 5.92 Å². The molecule has 1 atom stereocenters. The number of piperidine rings is 1. The fourth-order valence-electron chi connectivity index (χ4n) is 3.55. The summed E-state index contributed by atoms with van der Waals surface area (Å²) in [5, 5.41) is 6.39. The molecule has 0 saturated carbocycles. The molecule has 0 aromatic heterocycles. The minimum atomic E-state index is -4.30. The monoisotopic (exact) mass is 391 g/mol. The van der Waals surface area contributed by atoms with Gasteiger partial charge in [0.2, 0.25) is 5.91 Å². The van der Waals surface area contributed by atoms with E-state index >= 15 is 0 Å². The van der Waals surface area contributed by atoms with Crippen LogP contribution in [0.1, 0.15) is 30.4 Å². The topological polar surface area (TPSA) is 44.4 Å². The van der Waals surface area contributed by atoms with Crippen molar-refractivity contribution in [3.8, 4) is 0 Å². The van der Waals surface area contributed by atoms with E-state index in [-0.39, 0.29) is 30.3 Å². The number of carbonyl (C=O) groups excluding carboxylic acids is 1. The van der Waals surface area contributed by atoms with E-state index in [4.69, 9.17) is 0 Å². The molecule has 2 aliphatic heterocycles. The summed E-state index contributed by atoms with van der Waals surface area (Å²) < 4.78 is 37.8. The zero-order valence-electron chi connectivity index (χ0n) is 14.5. The van der Waals surface area contributed by atoms with Gasteiger partial charge in [-0.05, 0) is 50.0 Å². The highest BCUT2D eigenvalue weighted by atomic mass is 35.5. The predicted molar refractivity (Wildman–Crippen MR) is 96.1 cm³/mol. The van der Waals surface area contributed by atoms with Crippen LogP contribution in [-0.4, -0.2) is 43.0 Å². The number of carbonyl (C=O) groups is 1. The van der Waals surface area contributed by atoms with Crippen molar-refractivity contribution in [2.24, 2.45) is 5.92 Å². The van der Waals surface area contributed by atoms with Crippen LogP contribution >= 0.6 is 12.4 Å². The molecule has 2 aliphatic rings. The number of alkyl halides is 3. The van der Waals surface area contributed by atoms with Gasteiger partial charge in [0.15, 0.2) is 0 Å². The molecule has 0 bridgehead atoms. The van der Waals surface area contributed by atoms with E-state index in [1.165, 1.54) is 12.1 Å². The molecule has 0 spiro atoms. The van der Waals surface area contributed by atoms with Crippen molar-refractivity contribution >= 4 is 18.3 Å². The first-order valence-corrected chi connectivity index (χ1v) is 8.81. The van der Waals surface area contributed by atoms with Crippen LogP contribution < -0.4 is 10.6 Å². The highest BCUT2D eigenvalue weighted by molar-refractivity contribution is 5.85. The second-order valence-electron chi connectivity index (χ2n) is 6.95. The Morgan fingerprint density at radius 3 is 2.42 bits per heavy atom. The molecule has 0 aliphatic carbocycles. The molecule has 1 aromatic rings. The molecule has 1 aromatic carbocycles. The summed E-state index contributed by atoms with van der Waals surface area (Å²) in [6.07, 6.45) is -1.64. The van der Waals surface area contributed by atoms with E-state index in [9.17, 15) is 18.0 Å². The Balaban J connectivity index is 0.00000243. The second-order valence-corrected chi connectivity index (χ2v) is 6.95. The predicted octanol–water partition coefficient (Wildman–Crippen LogP) is 2.82. The van der Waals surface area contributed by atoms with Gasteiger partial charge in [-0.15, -0.1) is 12.4 Å². The number of amides is 1. The lowest BCUT2D eigenvalue weighted by atomic mass is 9.97. The lowest BCUT2D eigenvalue weighted by molar-refractivity contribution is -0.137. The number of hydrogen-bond acceptors (Lipinski definition) is 3. The number of nitrogens with one attached hydrogen (secondary N) is 2. The van der Waals surface area contributed by atoms with Crippen molar-refractivity contribution in [3.05, 3.63) is 35.4 Å². The summed E-state index contributed by atoms with van der Waals surface area (Å²) in [7, 11) is 0. The molecular formula is C18H25ClF3N3O. The molecule has 2 fully saturated rings. The van der Waals surface area contributed by atoms with Crippen LogP contribution in [-0.2, 0) is 17.5 Å². The number of benzene rings is 1. The van der Waals surface area contributed by atoms with Gasteiger partial charge >= 0.3 is 6.18 Å². The van der Waals surface area contributed by atoms with Gasteiger partial charge in [0.25, 0.3) is 0 Å². The van der Waals surface area contributed by atoms with Gasteiger partial charge in [-0.3, -0.25) is 9.69 Å². The maximum Gasteiger partial charge on any atom is 0.416 e. The van der Waals surface area contributed by atoms with Crippen LogP contribution in [0.5, 0.6) is 0 Å². The van der Waals surface area contributed by atoms with Crippen molar-refractivity contribution in [1.29, 1.82) is 0 Å². The van der Waals surface area contributed by atoms with Crippen LogP contribution in [0.15, 0.2) is 24.3 Å². The summed E-state index contributed by atoms with van der Waals surface area (Å²) in [4.78, 5) is 14.5. The standard InChI is InChI=1S/C18H24F3N3O.ClH/c19-18(20,21)15-3-1-13(2-4-15)11-24-10-7-16(12-24)23-17(25)14-5-8-22-9-6-14;/h1-4,14,16,22H,5-12H2,(H,23,25);1H. The molecule has 2 N–H and O–H groups in total. The van der Waals surface area contributed by atoms with Crippen molar-refractivity contribution in [2.75, 3.05) is 26.2 Å². The third kappa shape index (κ3) is 5.59. The lowest BCUT2D eigenvalue weighted by Crippen LogP contribution is -2.43. The third-order valence-corrected chi connectivity index (χ3v) is 5.02. The molecule has 0 radical (unpaired) electrons. The van der Waals surface area contributed by atoms with E-state index in [1.807, 2.05) is 0 Å². The molecule has 4 nitrogen and oxygen atoms in total.